The Bertz CT molecular complexity index is 549. The molecule has 0 aromatic heterocycles. The van der Waals surface area contributed by atoms with Gasteiger partial charge in [0.15, 0.2) is 0 Å². The van der Waals surface area contributed by atoms with Crippen LogP contribution < -0.4 is 5.32 Å². The topological polar surface area (TPSA) is 188 Å². The van der Waals surface area contributed by atoms with Crippen molar-refractivity contribution in [1.29, 1.82) is 0 Å². The van der Waals surface area contributed by atoms with E-state index in [1.807, 2.05) is 5.32 Å². The second-order valence-corrected chi connectivity index (χ2v) is 5.80. The van der Waals surface area contributed by atoms with Crippen molar-refractivity contribution in [2.75, 3.05) is 0 Å². The Kier molecular flexibility index (Phi) is 7.01. The minimum Gasteiger partial charge on any atom is -0.481 e. The second-order valence-electron chi connectivity index (χ2n) is 5.80. The van der Waals surface area contributed by atoms with Crippen molar-refractivity contribution in [3.05, 3.63) is 0 Å². The van der Waals surface area contributed by atoms with Gasteiger partial charge in [-0.15, -0.1) is 0 Å². The zero-order valence-corrected chi connectivity index (χ0v) is 13.2. The van der Waals surface area contributed by atoms with Crippen LogP contribution in [0.1, 0.15) is 33.6 Å². The SMILES string of the molecule is CC(C)(C)OC(NC(CCC(=O)O)C(=O)O)(C(=O)O)C(=O)C(=O)O. The van der Waals surface area contributed by atoms with Crippen molar-refractivity contribution in [2.24, 2.45) is 0 Å². The smallest absolute Gasteiger partial charge is 0.377 e. The fourth-order valence-corrected chi connectivity index (χ4v) is 1.72. The van der Waals surface area contributed by atoms with Crippen LogP contribution in [0.15, 0.2) is 0 Å². The van der Waals surface area contributed by atoms with E-state index in [-0.39, 0.29) is 0 Å². The Balaban J connectivity index is 5.93. The van der Waals surface area contributed by atoms with Crippen LogP contribution in [-0.4, -0.2) is 67.5 Å². The molecule has 0 amide bonds. The third kappa shape index (κ3) is 5.93. The molecule has 0 saturated heterocycles. The maximum Gasteiger partial charge on any atom is 0.377 e. The van der Waals surface area contributed by atoms with Gasteiger partial charge in [-0.2, -0.15) is 0 Å². The molecule has 0 rings (SSSR count). The Labute approximate surface area is 136 Å². The van der Waals surface area contributed by atoms with Gasteiger partial charge in [0, 0.05) is 6.42 Å². The maximum absolute atomic E-state index is 11.9. The van der Waals surface area contributed by atoms with Crippen LogP contribution in [0.2, 0.25) is 0 Å². The van der Waals surface area contributed by atoms with E-state index >= 15 is 0 Å². The molecule has 2 atom stereocenters. The lowest BCUT2D eigenvalue weighted by molar-refractivity contribution is -0.201. The number of carbonyl (C=O) groups is 5. The number of ketones is 1. The van der Waals surface area contributed by atoms with E-state index in [4.69, 9.17) is 20.1 Å². The molecule has 24 heavy (non-hydrogen) atoms. The molecule has 0 spiro atoms. The molecule has 11 heteroatoms. The first-order valence-corrected chi connectivity index (χ1v) is 6.66. The Morgan fingerprint density at radius 1 is 1.00 bits per heavy atom. The minimum absolute atomic E-state index is 0.597. The summed E-state index contributed by atoms with van der Waals surface area (Å²) in [6, 6.07) is -1.84. The first kappa shape index (κ1) is 21.5. The van der Waals surface area contributed by atoms with E-state index in [1.165, 1.54) is 20.8 Å². The first-order chi connectivity index (χ1) is 10.7. The van der Waals surface area contributed by atoms with Crippen molar-refractivity contribution < 1.29 is 49.1 Å². The molecule has 5 N–H and O–H groups in total. The van der Waals surface area contributed by atoms with Gasteiger partial charge >= 0.3 is 23.9 Å². The molecule has 11 nitrogen and oxygen atoms in total. The summed E-state index contributed by atoms with van der Waals surface area (Å²) in [5.41, 5.74) is -4.53. The van der Waals surface area contributed by atoms with Crippen molar-refractivity contribution in [3.63, 3.8) is 0 Å². The quantitative estimate of drug-likeness (QED) is 0.187. The van der Waals surface area contributed by atoms with Crippen LogP contribution in [0, 0.1) is 0 Å². The standard InChI is InChI=1S/C13H19NO10/c1-12(2,3)24-13(11(22)23,8(17)10(20)21)14-6(9(18)19)4-5-7(15)16/h6,14H,4-5H2,1-3H3,(H,15,16)(H,18,19)(H,20,21)(H,22,23). The highest BCUT2D eigenvalue weighted by molar-refractivity contribution is 6.40. The lowest BCUT2D eigenvalue weighted by Gasteiger charge is -2.36. The van der Waals surface area contributed by atoms with Gasteiger partial charge in [0.1, 0.15) is 6.04 Å². The second kappa shape index (κ2) is 7.84. The highest BCUT2D eigenvalue weighted by Crippen LogP contribution is 2.22. The summed E-state index contributed by atoms with van der Waals surface area (Å²) < 4.78 is 5.05. The van der Waals surface area contributed by atoms with Crippen LogP contribution in [0.3, 0.4) is 0 Å². The summed E-state index contributed by atoms with van der Waals surface area (Å²) in [6.07, 6.45) is -1.25. The lowest BCUT2D eigenvalue weighted by Crippen LogP contribution is -2.67. The number of ether oxygens (including phenoxy) is 1. The molecule has 136 valence electrons. The third-order valence-electron chi connectivity index (χ3n) is 2.60. The number of Topliss-reactive ketones (excluding diaryl/α,β-unsaturated/α-hetero) is 1. The van der Waals surface area contributed by atoms with Gasteiger partial charge in [0.2, 0.25) is 0 Å². The normalized spacial score (nSPS) is 15.1. The number of nitrogens with one attached hydrogen (secondary N) is 1. The van der Waals surface area contributed by atoms with E-state index in [2.05, 4.69) is 0 Å². The molecule has 2 unspecified atom stereocenters. The van der Waals surface area contributed by atoms with E-state index in [0.29, 0.717) is 0 Å². The average Bonchev–Trinajstić information content (AvgIpc) is 2.38. The van der Waals surface area contributed by atoms with Gasteiger partial charge in [-0.3, -0.25) is 19.7 Å². The summed E-state index contributed by atoms with van der Waals surface area (Å²) >= 11 is 0. The predicted octanol–water partition coefficient (Wildman–Crippen LogP) is -0.856. The molecule has 0 aliphatic heterocycles. The Morgan fingerprint density at radius 3 is 1.79 bits per heavy atom. The first-order valence-electron chi connectivity index (χ1n) is 6.66. The van der Waals surface area contributed by atoms with Gasteiger partial charge in [0.05, 0.1) is 5.60 Å². The van der Waals surface area contributed by atoms with Gasteiger partial charge in [-0.1, -0.05) is 0 Å². The number of carbonyl (C=O) groups excluding carboxylic acids is 1. The van der Waals surface area contributed by atoms with Gasteiger partial charge < -0.3 is 25.2 Å². The predicted molar refractivity (Wildman–Crippen MR) is 75.3 cm³/mol. The van der Waals surface area contributed by atoms with E-state index in [1.54, 1.807) is 0 Å². The summed E-state index contributed by atoms with van der Waals surface area (Å²) in [5, 5.41) is 37.7. The maximum atomic E-state index is 11.9. The van der Waals surface area contributed by atoms with E-state index < -0.39 is 59.9 Å². The summed E-state index contributed by atoms with van der Waals surface area (Å²) in [5.74, 6) is -9.18. The van der Waals surface area contributed by atoms with Gasteiger partial charge in [-0.25, -0.2) is 9.59 Å². The summed E-state index contributed by atoms with van der Waals surface area (Å²) in [7, 11) is 0. The number of carboxylic acids is 4. The molecule has 0 saturated carbocycles. The fraction of sp³-hybridized carbons (Fsp3) is 0.615. The van der Waals surface area contributed by atoms with Crippen LogP contribution >= 0.6 is 0 Å². The van der Waals surface area contributed by atoms with Crippen molar-refractivity contribution in [3.8, 4) is 0 Å². The van der Waals surface area contributed by atoms with Crippen molar-refractivity contribution >= 4 is 29.7 Å². The number of hydrogen-bond donors (Lipinski definition) is 5. The number of aliphatic carboxylic acids is 4. The zero-order valence-electron chi connectivity index (χ0n) is 13.2. The van der Waals surface area contributed by atoms with Gasteiger partial charge in [0.25, 0.3) is 11.5 Å². The summed E-state index contributed by atoms with van der Waals surface area (Å²) in [4.78, 5) is 56.2. The van der Waals surface area contributed by atoms with Crippen molar-refractivity contribution in [2.45, 2.75) is 51.0 Å². The zero-order chi connectivity index (χ0) is 19.3. The van der Waals surface area contributed by atoms with Crippen LogP contribution in [0.5, 0.6) is 0 Å². The van der Waals surface area contributed by atoms with E-state index in [9.17, 15) is 29.1 Å². The highest BCUT2D eigenvalue weighted by Gasteiger charge is 2.55. The molecule has 0 aromatic rings. The summed E-state index contributed by atoms with van der Waals surface area (Å²) in [6.45, 7) is 3.98. The molecule has 0 aliphatic rings. The van der Waals surface area contributed by atoms with Crippen LogP contribution in [0.25, 0.3) is 0 Å². The molecule has 0 fully saturated rings. The molecule has 0 aliphatic carbocycles. The lowest BCUT2D eigenvalue weighted by atomic mass is 10.0. The number of rotatable bonds is 10. The van der Waals surface area contributed by atoms with Crippen LogP contribution in [0.4, 0.5) is 0 Å². The molecule has 0 heterocycles. The fourth-order valence-electron chi connectivity index (χ4n) is 1.72. The molecule has 0 radical (unpaired) electrons. The molecular weight excluding hydrogens is 330 g/mol. The number of carboxylic acid groups (broad SMARTS) is 4. The largest absolute Gasteiger partial charge is 0.481 e. The van der Waals surface area contributed by atoms with Gasteiger partial charge in [-0.05, 0) is 27.2 Å². The third-order valence-corrected chi connectivity index (χ3v) is 2.60. The highest BCUT2D eigenvalue weighted by atomic mass is 16.6. The Morgan fingerprint density at radius 2 is 1.50 bits per heavy atom. The number of hydrogen-bond acceptors (Lipinski definition) is 7. The minimum atomic E-state index is -3.19. The molecule has 0 bridgehead atoms. The molecule has 0 aromatic carbocycles. The van der Waals surface area contributed by atoms with E-state index in [0.717, 1.165) is 0 Å². The Hall–Kier alpha value is -2.53. The van der Waals surface area contributed by atoms with Crippen molar-refractivity contribution in [1.82, 2.24) is 5.32 Å². The molecular formula is C13H19NO10. The van der Waals surface area contributed by atoms with Crippen LogP contribution in [-0.2, 0) is 28.7 Å². The average molecular weight is 349 g/mol. The monoisotopic (exact) mass is 349 g/mol.